The summed E-state index contributed by atoms with van der Waals surface area (Å²) in [6.07, 6.45) is 5.98. The number of benzene rings is 1. The molecule has 1 heterocycles. The van der Waals surface area contributed by atoms with Crippen LogP contribution in [0.4, 0.5) is 0 Å². The molecule has 5 heteroatoms. The maximum atomic E-state index is 12.7. The zero-order valence-corrected chi connectivity index (χ0v) is 14.7. The lowest BCUT2D eigenvalue weighted by Crippen LogP contribution is -2.40. The molecule has 3 rings (SSSR count). The normalized spacial score (nSPS) is 23.5. The van der Waals surface area contributed by atoms with Crippen LogP contribution in [0.2, 0.25) is 0 Å². The molecule has 132 valence electrons. The van der Waals surface area contributed by atoms with E-state index >= 15 is 0 Å². The van der Waals surface area contributed by atoms with Crippen molar-refractivity contribution in [3.8, 4) is 11.5 Å². The zero-order chi connectivity index (χ0) is 17.1. The number of methoxy groups -OCH3 is 2. The molecule has 1 fully saturated rings. The molecule has 2 atom stereocenters. The van der Waals surface area contributed by atoms with Gasteiger partial charge in [-0.25, -0.2) is 0 Å². The quantitative estimate of drug-likeness (QED) is 0.920. The first-order valence-corrected chi connectivity index (χ1v) is 8.89. The van der Waals surface area contributed by atoms with E-state index in [9.17, 15) is 4.79 Å². The Kier molecular flexibility index (Phi) is 5.29. The zero-order valence-electron chi connectivity index (χ0n) is 14.7. The molecule has 0 radical (unpaired) electrons. The molecule has 2 unspecified atom stereocenters. The summed E-state index contributed by atoms with van der Waals surface area (Å²) in [7, 11) is 3.29. The molecule has 1 aromatic rings. The van der Waals surface area contributed by atoms with Gasteiger partial charge in [0.05, 0.1) is 14.2 Å². The third-order valence-electron chi connectivity index (χ3n) is 5.48. The van der Waals surface area contributed by atoms with Crippen molar-refractivity contribution in [1.82, 2.24) is 4.90 Å². The van der Waals surface area contributed by atoms with Crippen LogP contribution in [0.1, 0.15) is 43.2 Å². The van der Waals surface area contributed by atoms with E-state index in [1.165, 1.54) is 18.4 Å². The van der Waals surface area contributed by atoms with Crippen LogP contribution in [-0.4, -0.2) is 37.6 Å². The van der Waals surface area contributed by atoms with Crippen LogP contribution >= 0.6 is 0 Å². The van der Waals surface area contributed by atoms with Gasteiger partial charge in [-0.2, -0.15) is 0 Å². The molecule has 1 aromatic carbocycles. The lowest BCUT2D eigenvalue weighted by Gasteiger charge is -2.33. The number of rotatable bonds is 4. The van der Waals surface area contributed by atoms with Crippen molar-refractivity contribution in [3.05, 3.63) is 23.3 Å². The molecule has 0 spiro atoms. The highest BCUT2D eigenvalue weighted by Crippen LogP contribution is 2.34. The minimum Gasteiger partial charge on any atom is -0.493 e. The number of hydrogen-bond donors (Lipinski definition) is 1. The Morgan fingerprint density at radius 2 is 1.83 bits per heavy atom. The van der Waals surface area contributed by atoms with Crippen molar-refractivity contribution in [2.24, 2.45) is 11.7 Å². The minimum atomic E-state index is 0.184. The molecule has 2 N–H and O–H groups in total. The standard InChI is InChI=1S/C19H28N2O3/c1-23-17-9-13-7-8-21(12-15(13)10-18(17)24-2)19(22)11-14-5-3-4-6-16(14)20/h9-10,14,16H,3-8,11-12,20H2,1-2H3. The fraction of sp³-hybridized carbons (Fsp3) is 0.632. The van der Waals surface area contributed by atoms with Gasteiger partial charge in [0.25, 0.3) is 0 Å². The van der Waals surface area contributed by atoms with Gasteiger partial charge >= 0.3 is 0 Å². The van der Waals surface area contributed by atoms with Gasteiger partial charge in [0.2, 0.25) is 5.91 Å². The van der Waals surface area contributed by atoms with Crippen molar-refractivity contribution in [3.63, 3.8) is 0 Å². The Hall–Kier alpha value is -1.75. The van der Waals surface area contributed by atoms with Crippen LogP contribution in [-0.2, 0) is 17.8 Å². The molecule has 5 nitrogen and oxygen atoms in total. The molecular formula is C19H28N2O3. The van der Waals surface area contributed by atoms with Crippen molar-refractivity contribution in [2.45, 2.75) is 51.1 Å². The maximum absolute atomic E-state index is 12.7. The van der Waals surface area contributed by atoms with E-state index in [-0.39, 0.29) is 11.9 Å². The van der Waals surface area contributed by atoms with E-state index in [0.29, 0.717) is 18.9 Å². The van der Waals surface area contributed by atoms with E-state index in [1.54, 1.807) is 14.2 Å². The number of carbonyl (C=O) groups excluding carboxylic acids is 1. The molecule has 0 aromatic heterocycles. The first kappa shape index (κ1) is 17.1. The third-order valence-corrected chi connectivity index (χ3v) is 5.48. The number of nitrogens with zero attached hydrogens (tertiary/aromatic N) is 1. The molecule has 0 bridgehead atoms. The van der Waals surface area contributed by atoms with Crippen LogP contribution in [0.3, 0.4) is 0 Å². The number of fused-ring (bicyclic) bond motifs is 1. The van der Waals surface area contributed by atoms with Gasteiger partial charge in [-0.3, -0.25) is 4.79 Å². The van der Waals surface area contributed by atoms with Crippen molar-refractivity contribution >= 4 is 5.91 Å². The van der Waals surface area contributed by atoms with Gasteiger partial charge in [0, 0.05) is 25.6 Å². The van der Waals surface area contributed by atoms with Gasteiger partial charge < -0.3 is 20.1 Å². The summed E-state index contributed by atoms with van der Waals surface area (Å²) in [6, 6.07) is 4.22. The predicted molar refractivity (Wildman–Crippen MR) is 93.2 cm³/mol. The van der Waals surface area contributed by atoms with E-state index in [2.05, 4.69) is 0 Å². The summed E-state index contributed by atoms with van der Waals surface area (Å²) < 4.78 is 10.8. The summed E-state index contributed by atoms with van der Waals surface area (Å²) in [6.45, 7) is 1.42. The van der Waals surface area contributed by atoms with Crippen LogP contribution in [0.25, 0.3) is 0 Å². The molecule has 24 heavy (non-hydrogen) atoms. The van der Waals surface area contributed by atoms with Crippen molar-refractivity contribution in [2.75, 3.05) is 20.8 Å². The van der Waals surface area contributed by atoms with E-state index in [1.807, 2.05) is 17.0 Å². The Labute approximate surface area is 144 Å². The Morgan fingerprint density at radius 1 is 1.17 bits per heavy atom. The molecule has 1 saturated carbocycles. The molecule has 2 aliphatic rings. The Balaban J connectivity index is 1.68. The highest BCUT2D eigenvalue weighted by Gasteiger charge is 2.28. The summed E-state index contributed by atoms with van der Waals surface area (Å²) in [4.78, 5) is 14.7. The molecule has 1 amide bonds. The molecule has 0 saturated heterocycles. The molecule has 1 aliphatic heterocycles. The smallest absolute Gasteiger partial charge is 0.223 e. The lowest BCUT2D eigenvalue weighted by molar-refractivity contribution is -0.133. The van der Waals surface area contributed by atoms with Crippen molar-refractivity contribution < 1.29 is 14.3 Å². The van der Waals surface area contributed by atoms with Crippen LogP contribution < -0.4 is 15.2 Å². The average molecular weight is 332 g/mol. The second-order valence-corrected chi connectivity index (χ2v) is 6.95. The fourth-order valence-electron chi connectivity index (χ4n) is 3.94. The monoisotopic (exact) mass is 332 g/mol. The van der Waals surface area contributed by atoms with Crippen molar-refractivity contribution in [1.29, 1.82) is 0 Å². The summed E-state index contributed by atoms with van der Waals surface area (Å²) in [5, 5.41) is 0. The SMILES string of the molecule is COc1cc2c(cc1OC)CN(C(=O)CC1CCCCC1N)CC2. The number of amides is 1. The topological polar surface area (TPSA) is 64.8 Å². The first-order valence-electron chi connectivity index (χ1n) is 8.89. The molecule has 1 aliphatic carbocycles. The number of carbonyl (C=O) groups is 1. The first-order chi connectivity index (χ1) is 11.6. The Morgan fingerprint density at radius 3 is 2.50 bits per heavy atom. The van der Waals surface area contributed by atoms with Gasteiger partial charge in [-0.1, -0.05) is 12.8 Å². The van der Waals surface area contributed by atoms with Gasteiger partial charge in [-0.15, -0.1) is 0 Å². The summed E-state index contributed by atoms with van der Waals surface area (Å²) in [5.41, 5.74) is 8.60. The fourth-order valence-corrected chi connectivity index (χ4v) is 3.94. The van der Waals surface area contributed by atoms with E-state index < -0.39 is 0 Å². The van der Waals surface area contributed by atoms with E-state index in [0.717, 1.165) is 42.9 Å². The van der Waals surface area contributed by atoms with Crippen LogP contribution in [0.5, 0.6) is 11.5 Å². The van der Waals surface area contributed by atoms with Gasteiger partial charge in [-0.05, 0) is 48.4 Å². The highest BCUT2D eigenvalue weighted by atomic mass is 16.5. The van der Waals surface area contributed by atoms with Crippen LogP contribution in [0.15, 0.2) is 12.1 Å². The van der Waals surface area contributed by atoms with E-state index in [4.69, 9.17) is 15.2 Å². The van der Waals surface area contributed by atoms with Gasteiger partial charge in [0.1, 0.15) is 0 Å². The number of ether oxygens (including phenoxy) is 2. The largest absolute Gasteiger partial charge is 0.493 e. The predicted octanol–water partition coefficient (Wildman–Crippen LogP) is 2.50. The Bertz CT molecular complexity index is 603. The maximum Gasteiger partial charge on any atom is 0.223 e. The summed E-state index contributed by atoms with van der Waals surface area (Å²) in [5.74, 6) is 2.06. The highest BCUT2D eigenvalue weighted by molar-refractivity contribution is 5.77. The number of hydrogen-bond acceptors (Lipinski definition) is 4. The average Bonchev–Trinajstić information content (AvgIpc) is 2.61. The third kappa shape index (κ3) is 3.51. The molecular weight excluding hydrogens is 304 g/mol. The summed E-state index contributed by atoms with van der Waals surface area (Å²) >= 11 is 0. The minimum absolute atomic E-state index is 0.184. The second kappa shape index (κ2) is 7.43. The second-order valence-electron chi connectivity index (χ2n) is 6.95. The lowest BCUT2D eigenvalue weighted by atomic mass is 9.82. The van der Waals surface area contributed by atoms with Crippen LogP contribution in [0, 0.1) is 5.92 Å². The van der Waals surface area contributed by atoms with Gasteiger partial charge in [0.15, 0.2) is 11.5 Å². The number of nitrogens with two attached hydrogens (primary N) is 1.